The van der Waals surface area contributed by atoms with Crippen molar-refractivity contribution in [3.05, 3.63) is 23.8 Å². The van der Waals surface area contributed by atoms with Crippen LogP contribution in [0.3, 0.4) is 0 Å². The molecule has 0 radical (unpaired) electrons. The van der Waals surface area contributed by atoms with Crippen molar-refractivity contribution in [1.82, 2.24) is 0 Å². The van der Waals surface area contributed by atoms with E-state index in [2.05, 4.69) is 10.8 Å². The van der Waals surface area contributed by atoms with Crippen LogP contribution in [0.5, 0.6) is 0 Å². The molecule has 0 N–H and O–H groups in total. The molecule has 0 amide bonds. The highest BCUT2D eigenvalue weighted by Crippen LogP contribution is 2.68. The molecule has 0 aromatic heterocycles. The Balaban J connectivity index is 2.00. The number of hydrogen-bond donors (Lipinski definition) is 0. The second-order valence-electron chi connectivity index (χ2n) is 4.56. The van der Waals surface area contributed by atoms with Gasteiger partial charge in [0.1, 0.15) is 0 Å². The molecule has 0 unspecified atom stereocenters. The third-order valence-corrected chi connectivity index (χ3v) is 3.94. The standard InChI is InChI=1S/C12H12O3/c1-15-10(13)6-7-8-2-3-9(11(7)14)12(8)4-5-12/h2-3,6,8-9H,4-5H2,1H3/b7-6+/t8-,9+/m0/s1. The second kappa shape index (κ2) is 2.60. The first-order valence-electron chi connectivity index (χ1n) is 5.21. The molecule has 78 valence electrons. The summed E-state index contributed by atoms with van der Waals surface area (Å²) in [7, 11) is 1.33. The first-order valence-corrected chi connectivity index (χ1v) is 5.21. The van der Waals surface area contributed by atoms with Gasteiger partial charge in [0.15, 0.2) is 5.78 Å². The van der Waals surface area contributed by atoms with Crippen molar-refractivity contribution in [2.45, 2.75) is 12.8 Å². The molecule has 3 rings (SSSR count). The lowest BCUT2D eigenvalue weighted by Gasteiger charge is -2.10. The molecule has 0 saturated heterocycles. The van der Waals surface area contributed by atoms with Crippen molar-refractivity contribution in [2.24, 2.45) is 17.3 Å². The van der Waals surface area contributed by atoms with E-state index in [0.29, 0.717) is 5.57 Å². The van der Waals surface area contributed by atoms with Gasteiger partial charge in [-0.2, -0.15) is 0 Å². The van der Waals surface area contributed by atoms with Crippen molar-refractivity contribution in [3.63, 3.8) is 0 Å². The van der Waals surface area contributed by atoms with Crippen molar-refractivity contribution in [2.75, 3.05) is 7.11 Å². The number of ketones is 1. The highest BCUT2D eigenvalue weighted by molar-refractivity contribution is 6.08. The summed E-state index contributed by atoms with van der Waals surface area (Å²) >= 11 is 0. The summed E-state index contributed by atoms with van der Waals surface area (Å²) in [5.41, 5.74) is 0.823. The zero-order valence-electron chi connectivity index (χ0n) is 8.53. The summed E-state index contributed by atoms with van der Waals surface area (Å²) in [5, 5.41) is 0. The highest BCUT2D eigenvalue weighted by atomic mass is 16.5. The molecule has 3 heteroatoms. The molecule has 2 fully saturated rings. The number of carbonyl (C=O) groups is 2. The molecule has 3 aliphatic rings. The molecular weight excluding hydrogens is 192 g/mol. The first kappa shape index (κ1) is 8.89. The van der Waals surface area contributed by atoms with Crippen molar-refractivity contribution < 1.29 is 14.3 Å². The summed E-state index contributed by atoms with van der Waals surface area (Å²) in [5.74, 6) is -0.0759. The minimum atomic E-state index is -0.421. The second-order valence-corrected chi connectivity index (χ2v) is 4.56. The topological polar surface area (TPSA) is 43.4 Å². The maximum Gasteiger partial charge on any atom is 0.330 e. The van der Waals surface area contributed by atoms with Gasteiger partial charge in [0.05, 0.1) is 7.11 Å². The monoisotopic (exact) mass is 204 g/mol. The first-order chi connectivity index (χ1) is 7.19. The quantitative estimate of drug-likeness (QED) is 0.367. The number of esters is 1. The highest BCUT2D eigenvalue weighted by Gasteiger charge is 2.65. The Morgan fingerprint density at radius 1 is 1.47 bits per heavy atom. The summed E-state index contributed by atoms with van der Waals surface area (Å²) in [4.78, 5) is 23.1. The third kappa shape index (κ3) is 0.954. The van der Waals surface area contributed by atoms with Gasteiger partial charge in [0.2, 0.25) is 0 Å². The molecule has 1 spiro atoms. The number of Topliss-reactive ketones (excluding diaryl/α,β-unsaturated/α-hetero) is 1. The van der Waals surface area contributed by atoms with E-state index in [4.69, 9.17) is 0 Å². The Hall–Kier alpha value is -1.38. The summed E-state index contributed by atoms with van der Waals surface area (Å²) < 4.78 is 4.57. The molecule has 0 aromatic carbocycles. The van der Waals surface area contributed by atoms with E-state index in [-0.39, 0.29) is 23.0 Å². The van der Waals surface area contributed by atoms with Crippen LogP contribution in [0.1, 0.15) is 12.8 Å². The van der Waals surface area contributed by atoms with Crippen LogP contribution < -0.4 is 0 Å². The summed E-state index contributed by atoms with van der Waals surface area (Å²) in [6.07, 6.45) is 7.68. The van der Waals surface area contributed by atoms with Crippen LogP contribution in [0.15, 0.2) is 23.8 Å². The van der Waals surface area contributed by atoms with Crippen LogP contribution >= 0.6 is 0 Å². The van der Waals surface area contributed by atoms with Gasteiger partial charge >= 0.3 is 5.97 Å². The van der Waals surface area contributed by atoms with E-state index in [9.17, 15) is 9.59 Å². The van der Waals surface area contributed by atoms with E-state index in [1.807, 2.05) is 6.08 Å². The van der Waals surface area contributed by atoms with E-state index < -0.39 is 5.97 Å². The lowest BCUT2D eigenvalue weighted by atomic mass is 9.92. The lowest BCUT2D eigenvalue weighted by Crippen LogP contribution is -2.11. The maximum absolute atomic E-state index is 11.9. The predicted octanol–water partition coefficient (Wildman–Crippen LogP) is 1.25. The summed E-state index contributed by atoms with van der Waals surface area (Å²) in [6.45, 7) is 0. The molecule has 15 heavy (non-hydrogen) atoms. The zero-order valence-corrected chi connectivity index (χ0v) is 8.53. The largest absolute Gasteiger partial charge is 0.466 e. The lowest BCUT2D eigenvalue weighted by molar-refractivity contribution is -0.135. The maximum atomic E-state index is 11.9. The van der Waals surface area contributed by atoms with Gasteiger partial charge in [0.25, 0.3) is 0 Å². The molecule has 2 saturated carbocycles. The van der Waals surface area contributed by atoms with Crippen LogP contribution in [0.2, 0.25) is 0 Å². The van der Waals surface area contributed by atoms with Crippen LogP contribution in [0, 0.1) is 17.3 Å². The Morgan fingerprint density at radius 2 is 2.13 bits per heavy atom. The summed E-state index contributed by atoms with van der Waals surface area (Å²) in [6, 6.07) is 0. The number of methoxy groups -OCH3 is 1. The SMILES string of the molecule is COC(=O)/C=C1/C(=O)[C@H]2C=C[C@@H]1C21CC1. The van der Waals surface area contributed by atoms with E-state index in [0.717, 1.165) is 12.8 Å². The van der Waals surface area contributed by atoms with Crippen LogP contribution in [0.25, 0.3) is 0 Å². The number of ether oxygens (including phenoxy) is 1. The van der Waals surface area contributed by atoms with Gasteiger partial charge in [-0.05, 0) is 18.3 Å². The third-order valence-electron chi connectivity index (χ3n) is 3.94. The molecular formula is C12H12O3. The fourth-order valence-corrected chi connectivity index (χ4v) is 3.01. The molecule has 0 heterocycles. The number of carbonyl (C=O) groups excluding carboxylic acids is 2. The van der Waals surface area contributed by atoms with Gasteiger partial charge in [-0.25, -0.2) is 4.79 Å². The van der Waals surface area contributed by atoms with Crippen LogP contribution in [0.4, 0.5) is 0 Å². The predicted molar refractivity (Wildman–Crippen MR) is 52.9 cm³/mol. The van der Waals surface area contributed by atoms with Crippen LogP contribution in [-0.2, 0) is 14.3 Å². The Bertz CT molecular complexity index is 413. The fraction of sp³-hybridized carbons (Fsp3) is 0.500. The fourth-order valence-electron chi connectivity index (χ4n) is 3.01. The average Bonchev–Trinajstić information content (AvgIpc) is 2.88. The number of rotatable bonds is 1. The van der Waals surface area contributed by atoms with Gasteiger partial charge in [-0.15, -0.1) is 0 Å². The number of allylic oxidation sites excluding steroid dienone is 3. The van der Waals surface area contributed by atoms with Gasteiger partial charge in [0, 0.05) is 23.5 Å². The molecule has 3 aliphatic carbocycles. The Morgan fingerprint density at radius 3 is 2.67 bits per heavy atom. The Kier molecular flexibility index (Phi) is 1.54. The zero-order chi connectivity index (χ0) is 10.6. The van der Waals surface area contributed by atoms with Gasteiger partial charge in [-0.1, -0.05) is 12.2 Å². The van der Waals surface area contributed by atoms with Crippen LogP contribution in [-0.4, -0.2) is 18.9 Å². The molecule has 2 bridgehead atoms. The molecule has 0 aliphatic heterocycles. The van der Waals surface area contributed by atoms with E-state index in [1.165, 1.54) is 13.2 Å². The van der Waals surface area contributed by atoms with Crippen molar-refractivity contribution >= 4 is 11.8 Å². The van der Waals surface area contributed by atoms with Crippen molar-refractivity contribution in [3.8, 4) is 0 Å². The smallest absolute Gasteiger partial charge is 0.330 e. The minimum absolute atomic E-state index is 0.0402. The molecule has 0 aromatic rings. The number of hydrogen-bond acceptors (Lipinski definition) is 3. The Labute approximate surface area is 87.8 Å². The molecule has 2 atom stereocenters. The van der Waals surface area contributed by atoms with Crippen molar-refractivity contribution in [1.29, 1.82) is 0 Å². The van der Waals surface area contributed by atoms with E-state index in [1.54, 1.807) is 0 Å². The van der Waals surface area contributed by atoms with E-state index >= 15 is 0 Å². The molecule has 3 nitrogen and oxygen atoms in total. The van der Waals surface area contributed by atoms with Gasteiger partial charge < -0.3 is 4.74 Å². The average molecular weight is 204 g/mol. The van der Waals surface area contributed by atoms with Gasteiger partial charge in [-0.3, -0.25) is 4.79 Å². The minimum Gasteiger partial charge on any atom is -0.466 e. The normalized spacial score (nSPS) is 36.6.